The first-order chi connectivity index (χ1) is 16.0. The fourth-order valence-electron chi connectivity index (χ4n) is 3.22. The summed E-state index contributed by atoms with van der Waals surface area (Å²) < 4.78 is 18.0. The largest absolute Gasteiger partial charge is 0.497 e. The second-order valence-corrected chi connectivity index (χ2v) is 8.64. The van der Waals surface area contributed by atoms with Crippen LogP contribution in [0.3, 0.4) is 0 Å². The molecule has 170 valence electrons. The number of fused-ring (bicyclic) bond motifs is 1. The number of aromatic nitrogens is 2. The molecule has 2 aromatic heterocycles. The number of ether oxygens (including phenoxy) is 3. The lowest BCUT2D eigenvalue weighted by atomic mass is 10.2. The summed E-state index contributed by atoms with van der Waals surface area (Å²) in [6.45, 7) is 0. The Kier molecular flexibility index (Phi) is 6.85. The Bertz CT molecular complexity index is 1340. The van der Waals surface area contributed by atoms with E-state index >= 15 is 0 Å². The maximum Gasteiger partial charge on any atom is 0.276 e. The van der Waals surface area contributed by atoms with Gasteiger partial charge in [0.1, 0.15) is 21.9 Å². The third kappa shape index (κ3) is 4.81. The second kappa shape index (κ2) is 9.97. The monoisotopic (exact) mass is 483 g/mol. The zero-order chi connectivity index (χ0) is 23.4. The van der Waals surface area contributed by atoms with E-state index in [1.807, 2.05) is 17.5 Å². The Balaban J connectivity index is 1.64. The number of thioether (sulfide) groups is 1. The van der Waals surface area contributed by atoms with E-state index in [1.54, 1.807) is 57.7 Å². The molecule has 0 bridgehead atoms. The number of methoxy groups -OCH3 is 3. The van der Waals surface area contributed by atoms with Gasteiger partial charge in [0.2, 0.25) is 5.91 Å². The van der Waals surface area contributed by atoms with Crippen molar-refractivity contribution < 1.29 is 19.0 Å². The van der Waals surface area contributed by atoms with E-state index in [0.29, 0.717) is 44.0 Å². The molecule has 0 aliphatic rings. The predicted molar refractivity (Wildman–Crippen MR) is 131 cm³/mol. The number of para-hydroxylation sites is 2. The van der Waals surface area contributed by atoms with Gasteiger partial charge in [-0.2, -0.15) is 0 Å². The van der Waals surface area contributed by atoms with Gasteiger partial charge < -0.3 is 19.5 Å². The number of carbonyl (C=O) groups excluding carboxylic acids is 1. The number of thiophene rings is 1. The Hall–Kier alpha value is -3.50. The van der Waals surface area contributed by atoms with Gasteiger partial charge in [0, 0.05) is 23.9 Å². The Morgan fingerprint density at radius 1 is 1.06 bits per heavy atom. The number of carbonyl (C=O) groups is 1. The molecule has 4 aromatic rings. The molecule has 0 atom stereocenters. The lowest BCUT2D eigenvalue weighted by molar-refractivity contribution is -0.113. The van der Waals surface area contributed by atoms with Crippen molar-refractivity contribution >= 4 is 44.9 Å². The summed E-state index contributed by atoms with van der Waals surface area (Å²) in [4.78, 5) is 30.6. The van der Waals surface area contributed by atoms with Crippen LogP contribution < -0.4 is 25.1 Å². The molecule has 1 N–H and O–H groups in total. The number of rotatable bonds is 8. The molecule has 0 saturated heterocycles. The molecule has 0 unspecified atom stereocenters. The summed E-state index contributed by atoms with van der Waals surface area (Å²) >= 11 is 2.50. The Labute approximate surface area is 198 Å². The normalized spacial score (nSPS) is 10.8. The van der Waals surface area contributed by atoms with Crippen molar-refractivity contribution in [2.45, 2.75) is 5.16 Å². The number of amides is 1. The van der Waals surface area contributed by atoms with Crippen molar-refractivity contribution in [3.63, 3.8) is 0 Å². The fourth-order valence-corrected chi connectivity index (χ4v) is 4.79. The SMILES string of the molecule is COc1cc(NC(=O)CSc2nc3ccsc3c(=O)n2-c2ccccc2OC)cc(OC)c1. The van der Waals surface area contributed by atoms with Gasteiger partial charge in [0.15, 0.2) is 5.16 Å². The number of nitrogens with zero attached hydrogens (tertiary/aromatic N) is 2. The van der Waals surface area contributed by atoms with E-state index in [1.165, 1.54) is 27.7 Å². The minimum atomic E-state index is -0.262. The summed E-state index contributed by atoms with van der Waals surface area (Å²) in [7, 11) is 4.63. The van der Waals surface area contributed by atoms with Crippen molar-refractivity contribution in [3.8, 4) is 22.9 Å². The minimum Gasteiger partial charge on any atom is -0.497 e. The summed E-state index contributed by atoms with van der Waals surface area (Å²) in [6.07, 6.45) is 0. The molecule has 0 aliphatic heterocycles. The molecule has 0 saturated carbocycles. The molecule has 8 nitrogen and oxygen atoms in total. The number of benzene rings is 2. The molecule has 0 radical (unpaired) electrons. The number of hydrogen-bond donors (Lipinski definition) is 1. The van der Waals surface area contributed by atoms with Gasteiger partial charge in [0.05, 0.1) is 38.3 Å². The van der Waals surface area contributed by atoms with Crippen LogP contribution in [0.25, 0.3) is 15.9 Å². The van der Waals surface area contributed by atoms with Gasteiger partial charge in [-0.3, -0.25) is 14.2 Å². The van der Waals surface area contributed by atoms with E-state index in [2.05, 4.69) is 10.3 Å². The Morgan fingerprint density at radius 2 is 1.79 bits per heavy atom. The third-order valence-corrected chi connectivity index (χ3v) is 6.57. The molecular weight excluding hydrogens is 462 g/mol. The van der Waals surface area contributed by atoms with Crippen molar-refractivity contribution in [1.82, 2.24) is 9.55 Å². The molecule has 4 rings (SSSR count). The van der Waals surface area contributed by atoms with Crippen LogP contribution in [0.15, 0.2) is 63.9 Å². The van der Waals surface area contributed by atoms with Crippen molar-refractivity contribution in [2.24, 2.45) is 0 Å². The average molecular weight is 484 g/mol. The average Bonchev–Trinajstić information content (AvgIpc) is 3.31. The molecule has 33 heavy (non-hydrogen) atoms. The second-order valence-electron chi connectivity index (χ2n) is 6.78. The van der Waals surface area contributed by atoms with Gasteiger partial charge in [-0.25, -0.2) is 4.98 Å². The predicted octanol–water partition coefficient (Wildman–Crippen LogP) is 4.20. The molecule has 0 aliphatic carbocycles. The third-order valence-electron chi connectivity index (χ3n) is 4.74. The van der Waals surface area contributed by atoms with Crippen molar-refractivity contribution in [3.05, 3.63) is 64.3 Å². The highest BCUT2D eigenvalue weighted by atomic mass is 32.2. The van der Waals surface area contributed by atoms with Gasteiger partial charge in [-0.15, -0.1) is 11.3 Å². The van der Waals surface area contributed by atoms with Gasteiger partial charge in [-0.1, -0.05) is 23.9 Å². The van der Waals surface area contributed by atoms with E-state index in [-0.39, 0.29) is 17.2 Å². The minimum absolute atomic E-state index is 0.0385. The van der Waals surface area contributed by atoms with Crippen LogP contribution in [-0.4, -0.2) is 42.5 Å². The van der Waals surface area contributed by atoms with Crippen LogP contribution in [0.5, 0.6) is 17.2 Å². The van der Waals surface area contributed by atoms with Crippen LogP contribution in [0.2, 0.25) is 0 Å². The van der Waals surface area contributed by atoms with E-state index in [4.69, 9.17) is 14.2 Å². The molecule has 1 amide bonds. The molecule has 0 spiro atoms. The summed E-state index contributed by atoms with van der Waals surface area (Å²) in [5.74, 6) is 1.43. The lowest BCUT2D eigenvalue weighted by Crippen LogP contribution is -2.22. The zero-order valence-electron chi connectivity index (χ0n) is 18.2. The van der Waals surface area contributed by atoms with E-state index in [0.717, 1.165) is 0 Å². The number of nitrogens with one attached hydrogen (secondary N) is 1. The summed E-state index contributed by atoms with van der Waals surface area (Å²) in [6, 6.07) is 14.1. The standard InChI is InChI=1S/C23H21N3O5S2/c1-29-15-10-14(11-16(12-15)30-2)24-20(27)13-33-23-25-17-8-9-32-21(17)22(28)26(23)18-6-4-5-7-19(18)31-3/h4-12H,13H2,1-3H3,(H,24,27). The lowest BCUT2D eigenvalue weighted by Gasteiger charge is -2.15. The van der Waals surface area contributed by atoms with Gasteiger partial charge in [0.25, 0.3) is 5.56 Å². The topological polar surface area (TPSA) is 91.7 Å². The Morgan fingerprint density at radius 3 is 2.48 bits per heavy atom. The number of hydrogen-bond acceptors (Lipinski definition) is 8. The highest BCUT2D eigenvalue weighted by molar-refractivity contribution is 7.99. The van der Waals surface area contributed by atoms with Gasteiger partial charge in [-0.05, 0) is 23.6 Å². The first-order valence-electron chi connectivity index (χ1n) is 9.83. The van der Waals surface area contributed by atoms with Crippen LogP contribution in [-0.2, 0) is 4.79 Å². The summed E-state index contributed by atoms with van der Waals surface area (Å²) in [5.41, 5.74) is 1.49. The molecule has 2 aromatic carbocycles. The van der Waals surface area contributed by atoms with Crippen LogP contribution in [0.1, 0.15) is 0 Å². The number of anilines is 1. The van der Waals surface area contributed by atoms with Crippen LogP contribution in [0.4, 0.5) is 5.69 Å². The fraction of sp³-hybridized carbons (Fsp3) is 0.174. The highest BCUT2D eigenvalue weighted by Crippen LogP contribution is 2.29. The van der Waals surface area contributed by atoms with E-state index < -0.39 is 0 Å². The first-order valence-corrected chi connectivity index (χ1v) is 11.7. The molecule has 10 heteroatoms. The van der Waals surface area contributed by atoms with Crippen molar-refractivity contribution in [2.75, 3.05) is 32.4 Å². The molecular formula is C23H21N3O5S2. The highest BCUT2D eigenvalue weighted by Gasteiger charge is 2.18. The quantitative estimate of drug-likeness (QED) is 0.297. The van der Waals surface area contributed by atoms with Crippen LogP contribution >= 0.6 is 23.1 Å². The molecule has 0 fully saturated rings. The summed E-state index contributed by atoms with van der Waals surface area (Å²) in [5, 5.41) is 5.05. The smallest absolute Gasteiger partial charge is 0.276 e. The van der Waals surface area contributed by atoms with E-state index in [9.17, 15) is 9.59 Å². The maximum atomic E-state index is 13.3. The van der Waals surface area contributed by atoms with Crippen LogP contribution in [0, 0.1) is 0 Å². The maximum absolute atomic E-state index is 13.3. The zero-order valence-corrected chi connectivity index (χ0v) is 19.8. The first kappa shape index (κ1) is 22.7. The van der Waals surface area contributed by atoms with Gasteiger partial charge >= 0.3 is 0 Å². The van der Waals surface area contributed by atoms with Crippen molar-refractivity contribution in [1.29, 1.82) is 0 Å². The molecule has 2 heterocycles.